The van der Waals surface area contributed by atoms with Crippen LogP contribution in [0.3, 0.4) is 0 Å². The van der Waals surface area contributed by atoms with Gasteiger partial charge in [-0.2, -0.15) is 0 Å². The maximum Gasteiger partial charge on any atom is 0.0464 e. The predicted molar refractivity (Wildman–Crippen MR) is 85.1 cm³/mol. The lowest BCUT2D eigenvalue weighted by molar-refractivity contribution is 0.686. The van der Waals surface area contributed by atoms with Gasteiger partial charge in [0.05, 0.1) is 0 Å². The SMILES string of the molecule is Cc1ccc2[nH]c(-c3ccc4c(c3)CCCC4)cc2c1. The van der Waals surface area contributed by atoms with Crippen molar-refractivity contribution < 1.29 is 0 Å². The Labute approximate surface area is 119 Å². The number of hydrogen-bond donors (Lipinski definition) is 1. The number of rotatable bonds is 1. The van der Waals surface area contributed by atoms with Crippen LogP contribution in [0.4, 0.5) is 0 Å². The smallest absolute Gasteiger partial charge is 0.0464 e. The summed E-state index contributed by atoms with van der Waals surface area (Å²) in [4.78, 5) is 3.55. The maximum absolute atomic E-state index is 3.55. The number of aromatic nitrogens is 1. The highest BCUT2D eigenvalue weighted by Gasteiger charge is 2.11. The molecule has 3 aromatic rings. The molecule has 0 saturated heterocycles. The summed E-state index contributed by atoms with van der Waals surface area (Å²) >= 11 is 0. The lowest BCUT2D eigenvalue weighted by Crippen LogP contribution is -2.02. The molecule has 4 rings (SSSR count). The van der Waals surface area contributed by atoms with Gasteiger partial charge in [0.2, 0.25) is 0 Å². The second-order valence-corrected chi connectivity index (χ2v) is 5.96. The predicted octanol–water partition coefficient (Wildman–Crippen LogP) is 5.02. The average molecular weight is 261 g/mol. The zero-order valence-corrected chi connectivity index (χ0v) is 11.9. The molecule has 0 amide bonds. The lowest BCUT2D eigenvalue weighted by atomic mass is 9.90. The monoisotopic (exact) mass is 261 g/mol. The van der Waals surface area contributed by atoms with Gasteiger partial charge in [-0.1, -0.05) is 23.8 Å². The standard InChI is InChI=1S/C19H19N/c1-13-6-9-18-17(10-13)12-19(20-18)16-8-7-14-4-2-3-5-15(14)11-16/h6-12,20H,2-5H2,1H3. The molecule has 0 bridgehead atoms. The topological polar surface area (TPSA) is 15.8 Å². The first kappa shape index (κ1) is 11.8. The van der Waals surface area contributed by atoms with Crippen LogP contribution in [0.2, 0.25) is 0 Å². The molecule has 1 aliphatic carbocycles. The first-order valence-corrected chi connectivity index (χ1v) is 7.51. The normalized spacial score (nSPS) is 14.4. The van der Waals surface area contributed by atoms with Crippen molar-refractivity contribution in [2.75, 3.05) is 0 Å². The number of benzene rings is 2. The molecule has 0 atom stereocenters. The minimum atomic E-state index is 1.23. The van der Waals surface area contributed by atoms with E-state index in [-0.39, 0.29) is 0 Å². The van der Waals surface area contributed by atoms with E-state index in [1.807, 2.05) is 0 Å². The van der Waals surface area contributed by atoms with E-state index in [2.05, 4.69) is 54.4 Å². The summed E-state index contributed by atoms with van der Waals surface area (Å²) in [5.74, 6) is 0. The van der Waals surface area contributed by atoms with E-state index in [0.29, 0.717) is 0 Å². The summed E-state index contributed by atoms with van der Waals surface area (Å²) in [7, 11) is 0. The molecule has 1 N–H and O–H groups in total. The molecule has 1 heteroatoms. The highest BCUT2D eigenvalue weighted by atomic mass is 14.7. The Bertz CT molecular complexity index is 780. The van der Waals surface area contributed by atoms with Crippen molar-refractivity contribution in [3.05, 3.63) is 59.2 Å². The molecule has 2 aromatic carbocycles. The van der Waals surface area contributed by atoms with E-state index in [0.717, 1.165) is 0 Å². The molecular weight excluding hydrogens is 242 g/mol. The fraction of sp³-hybridized carbons (Fsp3) is 0.263. The Morgan fingerprint density at radius 2 is 1.70 bits per heavy atom. The van der Waals surface area contributed by atoms with E-state index >= 15 is 0 Å². The van der Waals surface area contributed by atoms with Crippen molar-refractivity contribution in [3.63, 3.8) is 0 Å². The molecule has 0 spiro atoms. The van der Waals surface area contributed by atoms with Gasteiger partial charge in [-0.05, 0) is 73.6 Å². The van der Waals surface area contributed by atoms with Crippen molar-refractivity contribution in [3.8, 4) is 11.3 Å². The fourth-order valence-corrected chi connectivity index (χ4v) is 3.31. The number of hydrogen-bond acceptors (Lipinski definition) is 0. The van der Waals surface area contributed by atoms with Crippen molar-refractivity contribution in [1.82, 2.24) is 4.98 Å². The van der Waals surface area contributed by atoms with Crippen LogP contribution in [0.25, 0.3) is 22.2 Å². The molecule has 100 valence electrons. The molecule has 1 nitrogen and oxygen atoms in total. The van der Waals surface area contributed by atoms with Crippen LogP contribution >= 0.6 is 0 Å². The van der Waals surface area contributed by atoms with Crippen LogP contribution < -0.4 is 0 Å². The second-order valence-electron chi connectivity index (χ2n) is 5.96. The average Bonchev–Trinajstić information content (AvgIpc) is 2.89. The molecule has 0 saturated carbocycles. The van der Waals surface area contributed by atoms with Gasteiger partial charge >= 0.3 is 0 Å². The van der Waals surface area contributed by atoms with Gasteiger partial charge in [0.25, 0.3) is 0 Å². The van der Waals surface area contributed by atoms with E-state index in [9.17, 15) is 0 Å². The molecule has 0 fully saturated rings. The van der Waals surface area contributed by atoms with Crippen molar-refractivity contribution >= 4 is 10.9 Å². The minimum absolute atomic E-state index is 1.23. The third kappa shape index (κ3) is 1.94. The highest BCUT2D eigenvalue weighted by Crippen LogP contribution is 2.29. The summed E-state index contributed by atoms with van der Waals surface area (Å²) in [6.45, 7) is 2.14. The Hall–Kier alpha value is -2.02. The number of aromatic amines is 1. The van der Waals surface area contributed by atoms with Gasteiger partial charge in [-0.25, -0.2) is 0 Å². The van der Waals surface area contributed by atoms with Crippen LogP contribution in [-0.4, -0.2) is 4.98 Å². The Morgan fingerprint density at radius 1 is 0.850 bits per heavy atom. The van der Waals surface area contributed by atoms with Crippen LogP contribution in [0, 0.1) is 6.92 Å². The van der Waals surface area contributed by atoms with Gasteiger partial charge in [0, 0.05) is 16.6 Å². The Morgan fingerprint density at radius 3 is 2.60 bits per heavy atom. The van der Waals surface area contributed by atoms with Gasteiger partial charge < -0.3 is 4.98 Å². The first-order valence-electron chi connectivity index (χ1n) is 7.51. The third-order valence-electron chi connectivity index (χ3n) is 4.44. The van der Waals surface area contributed by atoms with Crippen molar-refractivity contribution in [1.29, 1.82) is 0 Å². The van der Waals surface area contributed by atoms with Gasteiger partial charge in [-0.15, -0.1) is 0 Å². The second kappa shape index (κ2) is 4.52. The number of H-pyrrole nitrogens is 1. The molecule has 0 aliphatic heterocycles. The summed E-state index contributed by atoms with van der Waals surface area (Å²) < 4.78 is 0. The molecule has 1 aromatic heterocycles. The van der Waals surface area contributed by atoms with Crippen LogP contribution in [0.15, 0.2) is 42.5 Å². The largest absolute Gasteiger partial charge is 0.355 e. The molecule has 20 heavy (non-hydrogen) atoms. The van der Waals surface area contributed by atoms with Gasteiger partial charge in [0.15, 0.2) is 0 Å². The number of fused-ring (bicyclic) bond motifs is 2. The minimum Gasteiger partial charge on any atom is -0.355 e. The van der Waals surface area contributed by atoms with Crippen molar-refractivity contribution in [2.45, 2.75) is 32.6 Å². The molecule has 0 radical (unpaired) electrons. The third-order valence-corrected chi connectivity index (χ3v) is 4.44. The van der Waals surface area contributed by atoms with Gasteiger partial charge in [-0.3, -0.25) is 0 Å². The quantitative estimate of drug-likeness (QED) is 0.633. The molecule has 0 unspecified atom stereocenters. The Balaban J connectivity index is 1.82. The molecule has 1 aliphatic rings. The van der Waals surface area contributed by atoms with Crippen LogP contribution in [-0.2, 0) is 12.8 Å². The first-order chi connectivity index (χ1) is 9.79. The van der Waals surface area contributed by atoms with E-state index < -0.39 is 0 Å². The Kier molecular flexibility index (Phi) is 2.66. The fourth-order valence-electron chi connectivity index (χ4n) is 3.31. The molecule has 1 heterocycles. The zero-order chi connectivity index (χ0) is 13.5. The summed E-state index contributed by atoms with van der Waals surface area (Å²) in [6.07, 6.45) is 5.17. The summed E-state index contributed by atoms with van der Waals surface area (Å²) in [5, 5.41) is 1.30. The zero-order valence-electron chi connectivity index (χ0n) is 11.9. The van der Waals surface area contributed by atoms with Crippen LogP contribution in [0.5, 0.6) is 0 Å². The van der Waals surface area contributed by atoms with E-state index in [1.54, 1.807) is 11.1 Å². The summed E-state index contributed by atoms with van der Waals surface area (Å²) in [5.41, 5.74) is 8.19. The van der Waals surface area contributed by atoms with Crippen LogP contribution in [0.1, 0.15) is 29.5 Å². The maximum atomic E-state index is 3.55. The highest BCUT2D eigenvalue weighted by molar-refractivity contribution is 5.86. The van der Waals surface area contributed by atoms with Gasteiger partial charge in [0.1, 0.15) is 0 Å². The lowest BCUT2D eigenvalue weighted by Gasteiger charge is -2.16. The molecular formula is C19H19N. The van der Waals surface area contributed by atoms with E-state index in [4.69, 9.17) is 0 Å². The number of nitrogens with one attached hydrogen (secondary N) is 1. The number of aryl methyl sites for hydroxylation is 3. The summed E-state index contributed by atoms with van der Waals surface area (Å²) in [6, 6.07) is 15.8. The van der Waals surface area contributed by atoms with Crippen molar-refractivity contribution in [2.24, 2.45) is 0 Å². The van der Waals surface area contributed by atoms with E-state index in [1.165, 1.54) is 53.4 Å².